The molecule has 0 saturated carbocycles. The smallest absolute Gasteiger partial charge is 0.326 e. The number of rotatable bonds is 6. The van der Waals surface area contributed by atoms with E-state index in [4.69, 9.17) is 10.2 Å². The number of hydrogen-bond acceptors (Lipinski definition) is 3. The standard InChI is InChI=1S/C11H15BrN2O4/c1-2-14-6-7(12)5-9(14)10(16)13-8(3-4-15)11(17)18/h5-6,8,15H,2-4H2,1H3,(H,13,16)(H,17,18)/t8-/m0/s1. The number of carbonyl (C=O) groups excluding carboxylic acids is 1. The Bertz CT molecular complexity index is 444. The van der Waals surface area contributed by atoms with Crippen molar-refractivity contribution in [1.82, 2.24) is 9.88 Å². The predicted molar refractivity (Wildman–Crippen MR) is 68.4 cm³/mol. The van der Waals surface area contributed by atoms with Crippen LogP contribution in [0, 0.1) is 0 Å². The molecule has 0 spiro atoms. The molecule has 1 aromatic heterocycles. The summed E-state index contributed by atoms with van der Waals surface area (Å²) in [6.45, 7) is 2.19. The zero-order valence-corrected chi connectivity index (χ0v) is 11.5. The fourth-order valence-electron chi connectivity index (χ4n) is 1.55. The minimum absolute atomic E-state index is 0.0188. The van der Waals surface area contributed by atoms with Crippen molar-refractivity contribution >= 4 is 27.8 Å². The van der Waals surface area contributed by atoms with Gasteiger partial charge in [0, 0.05) is 30.2 Å². The summed E-state index contributed by atoms with van der Waals surface area (Å²) in [6, 6.07) is 0.540. The van der Waals surface area contributed by atoms with Gasteiger partial charge in [-0.3, -0.25) is 4.79 Å². The van der Waals surface area contributed by atoms with Crippen molar-refractivity contribution in [1.29, 1.82) is 0 Å². The Morgan fingerprint density at radius 1 is 1.56 bits per heavy atom. The Labute approximate surface area is 113 Å². The lowest BCUT2D eigenvalue weighted by Gasteiger charge is -2.14. The summed E-state index contributed by atoms with van der Waals surface area (Å²) in [5, 5.41) is 20.0. The van der Waals surface area contributed by atoms with Crippen LogP contribution >= 0.6 is 15.9 Å². The van der Waals surface area contributed by atoms with Gasteiger partial charge in [-0.1, -0.05) is 0 Å². The minimum Gasteiger partial charge on any atom is -0.480 e. The molecule has 0 aliphatic carbocycles. The number of aliphatic hydroxyl groups excluding tert-OH is 1. The summed E-state index contributed by atoms with van der Waals surface area (Å²) in [5.74, 6) is -1.63. The Hall–Kier alpha value is -1.34. The van der Waals surface area contributed by atoms with Crippen molar-refractivity contribution in [3.8, 4) is 0 Å². The highest BCUT2D eigenvalue weighted by molar-refractivity contribution is 9.10. The quantitative estimate of drug-likeness (QED) is 0.724. The van der Waals surface area contributed by atoms with Gasteiger partial charge in [-0.2, -0.15) is 0 Å². The van der Waals surface area contributed by atoms with Gasteiger partial charge >= 0.3 is 5.97 Å². The number of amides is 1. The van der Waals surface area contributed by atoms with Gasteiger partial charge in [0.1, 0.15) is 11.7 Å². The highest BCUT2D eigenvalue weighted by Crippen LogP contribution is 2.15. The van der Waals surface area contributed by atoms with Gasteiger partial charge in [-0.05, 0) is 28.9 Å². The molecule has 1 atom stereocenters. The summed E-state index contributed by atoms with van der Waals surface area (Å²) in [6.07, 6.45) is 1.73. The highest BCUT2D eigenvalue weighted by Gasteiger charge is 2.21. The molecule has 0 aliphatic rings. The molecule has 7 heteroatoms. The second-order valence-electron chi connectivity index (χ2n) is 3.71. The first-order valence-electron chi connectivity index (χ1n) is 5.49. The maximum atomic E-state index is 11.9. The zero-order chi connectivity index (χ0) is 13.7. The van der Waals surface area contributed by atoms with Crippen LogP contribution in [0.4, 0.5) is 0 Å². The average Bonchev–Trinajstić information content (AvgIpc) is 2.69. The summed E-state index contributed by atoms with van der Waals surface area (Å²) >= 11 is 3.26. The van der Waals surface area contributed by atoms with Gasteiger partial charge in [0.2, 0.25) is 0 Å². The van der Waals surface area contributed by atoms with E-state index in [9.17, 15) is 9.59 Å². The molecular weight excluding hydrogens is 304 g/mol. The number of aromatic nitrogens is 1. The summed E-state index contributed by atoms with van der Waals surface area (Å²) in [4.78, 5) is 22.8. The van der Waals surface area contributed by atoms with E-state index in [1.54, 1.807) is 16.8 Å². The second kappa shape index (κ2) is 6.55. The molecule has 0 aliphatic heterocycles. The number of nitrogens with zero attached hydrogens (tertiary/aromatic N) is 1. The van der Waals surface area contributed by atoms with Crippen molar-refractivity contribution in [2.45, 2.75) is 25.9 Å². The fourth-order valence-corrected chi connectivity index (χ4v) is 2.01. The lowest BCUT2D eigenvalue weighted by atomic mass is 10.2. The SMILES string of the molecule is CCn1cc(Br)cc1C(=O)N[C@@H](CCO)C(=O)O. The molecule has 1 rings (SSSR count). The van der Waals surface area contributed by atoms with Gasteiger partial charge in [0.25, 0.3) is 5.91 Å². The molecule has 0 radical (unpaired) electrons. The number of halogens is 1. The van der Waals surface area contributed by atoms with E-state index in [0.29, 0.717) is 12.2 Å². The number of aliphatic carboxylic acids is 1. The Balaban J connectivity index is 2.83. The van der Waals surface area contributed by atoms with Crippen LogP contribution in [0.3, 0.4) is 0 Å². The first-order chi connectivity index (χ1) is 8.49. The van der Waals surface area contributed by atoms with Gasteiger partial charge in [0.05, 0.1) is 0 Å². The topological polar surface area (TPSA) is 91.6 Å². The summed E-state index contributed by atoms with van der Waals surface area (Å²) in [5.41, 5.74) is 0.383. The van der Waals surface area contributed by atoms with E-state index in [1.807, 2.05) is 6.92 Å². The summed E-state index contributed by atoms with van der Waals surface area (Å²) < 4.78 is 2.46. The Morgan fingerprint density at radius 2 is 2.22 bits per heavy atom. The maximum Gasteiger partial charge on any atom is 0.326 e. The van der Waals surface area contributed by atoms with E-state index in [-0.39, 0.29) is 13.0 Å². The highest BCUT2D eigenvalue weighted by atomic mass is 79.9. The number of carbonyl (C=O) groups is 2. The molecule has 0 fully saturated rings. The number of carboxylic acid groups (broad SMARTS) is 1. The third-order valence-corrected chi connectivity index (χ3v) is 2.89. The monoisotopic (exact) mass is 318 g/mol. The van der Waals surface area contributed by atoms with Crippen LogP contribution in [0.5, 0.6) is 0 Å². The van der Waals surface area contributed by atoms with Gasteiger partial charge < -0.3 is 20.1 Å². The van der Waals surface area contributed by atoms with Crippen LogP contribution in [-0.2, 0) is 11.3 Å². The summed E-state index contributed by atoms with van der Waals surface area (Å²) in [7, 11) is 0. The largest absolute Gasteiger partial charge is 0.480 e. The van der Waals surface area contributed by atoms with Gasteiger partial charge in [0.15, 0.2) is 0 Å². The van der Waals surface area contributed by atoms with Crippen LogP contribution in [-0.4, -0.2) is 39.3 Å². The first kappa shape index (κ1) is 14.7. The number of aryl methyl sites for hydroxylation is 1. The maximum absolute atomic E-state index is 11.9. The molecular formula is C11H15BrN2O4. The molecule has 6 nitrogen and oxygen atoms in total. The van der Waals surface area contributed by atoms with Crippen molar-refractivity contribution in [2.24, 2.45) is 0 Å². The van der Waals surface area contributed by atoms with Gasteiger partial charge in [-0.25, -0.2) is 4.79 Å². The second-order valence-corrected chi connectivity index (χ2v) is 4.62. The van der Waals surface area contributed by atoms with Gasteiger partial charge in [-0.15, -0.1) is 0 Å². The van der Waals surface area contributed by atoms with Crippen molar-refractivity contribution in [2.75, 3.05) is 6.61 Å². The molecule has 100 valence electrons. The third kappa shape index (κ3) is 3.58. The lowest BCUT2D eigenvalue weighted by molar-refractivity contribution is -0.139. The van der Waals surface area contributed by atoms with E-state index in [0.717, 1.165) is 4.47 Å². The number of aliphatic hydroxyl groups is 1. The molecule has 0 bridgehead atoms. The fraction of sp³-hybridized carbons (Fsp3) is 0.455. The van der Waals surface area contributed by atoms with Crippen LogP contribution in [0.2, 0.25) is 0 Å². The lowest BCUT2D eigenvalue weighted by Crippen LogP contribution is -2.42. The zero-order valence-electron chi connectivity index (χ0n) is 9.89. The first-order valence-corrected chi connectivity index (χ1v) is 6.29. The molecule has 0 saturated heterocycles. The predicted octanol–water partition coefficient (Wildman–Crippen LogP) is 0.836. The van der Waals surface area contributed by atoms with Crippen molar-refractivity contribution < 1.29 is 19.8 Å². The van der Waals surface area contributed by atoms with Crippen LogP contribution < -0.4 is 5.32 Å². The van der Waals surface area contributed by atoms with E-state index in [1.165, 1.54) is 0 Å². The average molecular weight is 319 g/mol. The number of nitrogens with one attached hydrogen (secondary N) is 1. The number of carboxylic acids is 1. The Morgan fingerprint density at radius 3 is 2.72 bits per heavy atom. The van der Waals surface area contributed by atoms with E-state index >= 15 is 0 Å². The molecule has 18 heavy (non-hydrogen) atoms. The molecule has 0 aromatic carbocycles. The molecule has 1 amide bonds. The normalized spacial score (nSPS) is 12.2. The van der Waals surface area contributed by atoms with Crippen LogP contribution in [0.1, 0.15) is 23.8 Å². The van der Waals surface area contributed by atoms with Crippen molar-refractivity contribution in [3.63, 3.8) is 0 Å². The van der Waals surface area contributed by atoms with Crippen LogP contribution in [0.15, 0.2) is 16.7 Å². The molecule has 1 aromatic rings. The number of hydrogen-bond donors (Lipinski definition) is 3. The minimum atomic E-state index is -1.16. The molecule has 1 heterocycles. The Kier molecular flexibility index (Phi) is 5.36. The van der Waals surface area contributed by atoms with Crippen LogP contribution in [0.25, 0.3) is 0 Å². The third-order valence-electron chi connectivity index (χ3n) is 2.46. The molecule has 3 N–H and O–H groups in total. The van der Waals surface area contributed by atoms with Crippen molar-refractivity contribution in [3.05, 3.63) is 22.4 Å². The van der Waals surface area contributed by atoms with E-state index < -0.39 is 17.9 Å². The molecule has 0 unspecified atom stereocenters. The van der Waals surface area contributed by atoms with E-state index in [2.05, 4.69) is 21.2 Å².